The van der Waals surface area contributed by atoms with Gasteiger partial charge in [0.05, 0.1) is 12.2 Å². The lowest BCUT2D eigenvalue weighted by molar-refractivity contribution is 0.0684. The van der Waals surface area contributed by atoms with Gasteiger partial charge in [0.2, 0.25) is 0 Å². The Bertz CT molecular complexity index is 1120. The first-order valence-corrected chi connectivity index (χ1v) is 10.9. The van der Waals surface area contributed by atoms with Crippen molar-refractivity contribution in [3.63, 3.8) is 0 Å². The van der Waals surface area contributed by atoms with Gasteiger partial charge in [0, 0.05) is 36.0 Å². The number of benzene rings is 1. The Morgan fingerprint density at radius 1 is 1.13 bits per heavy atom. The second-order valence-corrected chi connectivity index (χ2v) is 8.34. The molecule has 0 saturated carbocycles. The molecule has 3 heterocycles. The Hall–Kier alpha value is -3.42. The predicted molar refractivity (Wildman–Crippen MR) is 116 cm³/mol. The van der Waals surface area contributed by atoms with Gasteiger partial charge in [0.1, 0.15) is 5.82 Å². The molecule has 0 bridgehead atoms. The second-order valence-electron chi connectivity index (χ2n) is 8.34. The summed E-state index contributed by atoms with van der Waals surface area (Å²) < 4.78 is 1.88. The fourth-order valence-electron chi connectivity index (χ4n) is 4.68. The van der Waals surface area contributed by atoms with Crippen LogP contribution in [0.4, 0.5) is 5.82 Å². The fraction of sp³-hybridized carbons (Fsp3) is 0.391. The third-order valence-electron chi connectivity index (χ3n) is 6.41. The summed E-state index contributed by atoms with van der Waals surface area (Å²) in [5, 5.41) is 14.8. The van der Waals surface area contributed by atoms with Gasteiger partial charge in [-0.05, 0) is 50.7 Å². The van der Waals surface area contributed by atoms with E-state index >= 15 is 0 Å². The number of carbonyl (C=O) groups excluding carboxylic acids is 2. The number of hydrogen-bond donors (Lipinski definition) is 2. The molecule has 1 aliphatic carbocycles. The second kappa shape index (κ2) is 8.02. The maximum Gasteiger partial charge on any atom is 0.274 e. The minimum Gasteiger partial charge on any atom is -0.337 e. The van der Waals surface area contributed by atoms with Gasteiger partial charge in [-0.3, -0.25) is 14.7 Å². The monoisotopic (exact) mass is 418 g/mol. The van der Waals surface area contributed by atoms with Crippen LogP contribution in [0.1, 0.15) is 63.0 Å². The highest BCUT2D eigenvalue weighted by molar-refractivity contribution is 6.04. The number of nitrogens with one attached hydrogen (secondary N) is 2. The SMILES string of the molecule is Cc1ccccc1C(=O)Nc1ccnn1C1CCN(C(=O)c2n[nH]c3c2CCC3)CC1. The van der Waals surface area contributed by atoms with Crippen molar-refractivity contribution in [2.45, 2.75) is 45.1 Å². The molecule has 31 heavy (non-hydrogen) atoms. The van der Waals surface area contributed by atoms with Crippen molar-refractivity contribution in [2.75, 3.05) is 18.4 Å². The van der Waals surface area contributed by atoms with Crippen LogP contribution in [-0.4, -0.2) is 49.8 Å². The standard InChI is InChI=1S/C23H26N6O2/c1-15-5-2-3-6-17(15)22(30)25-20-9-12-24-29(20)16-10-13-28(14-11-16)23(31)21-18-7-4-8-19(18)26-27-21/h2-3,5-6,9,12,16H,4,7-8,10-11,13-14H2,1H3,(H,25,30)(H,26,27). The molecule has 2 amide bonds. The molecule has 160 valence electrons. The maximum absolute atomic E-state index is 13.0. The first-order chi connectivity index (χ1) is 15.1. The van der Waals surface area contributed by atoms with Gasteiger partial charge in [-0.15, -0.1) is 0 Å². The lowest BCUT2D eigenvalue weighted by Crippen LogP contribution is -2.40. The molecule has 8 nitrogen and oxygen atoms in total. The Kier molecular flexibility index (Phi) is 5.05. The first-order valence-electron chi connectivity index (χ1n) is 10.9. The van der Waals surface area contributed by atoms with Gasteiger partial charge in [-0.1, -0.05) is 18.2 Å². The molecular weight excluding hydrogens is 392 g/mol. The van der Waals surface area contributed by atoms with Gasteiger partial charge in [0.15, 0.2) is 5.69 Å². The summed E-state index contributed by atoms with van der Waals surface area (Å²) in [6.07, 6.45) is 6.27. The van der Waals surface area contributed by atoms with Crippen molar-refractivity contribution in [3.05, 3.63) is 64.6 Å². The van der Waals surface area contributed by atoms with Crippen LogP contribution in [0.2, 0.25) is 0 Å². The maximum atomic E-state index is 13.0. The number of piperidine rings is 1. The molecule has 1 aromatic carbocycles. The number of rotatable bonds is 4. The Labute approximate surface area is 180 Å². The summed E-state index contributed by atoms with van der Waals surface area (Å²) in [5.41, 5.74) is 4.39. The van der Waals surface area contributed by atoms with Crippen LogP contribution in [0, 0.1) is 6.92 Å². The molecule has 0 radical (unpaired) electrons. The highest BCUT2D eigenvalue weighted by Gasteiger charge is 2.30. The van der Waals surface area contributed by atoms with Gasteiger partial charge in [-0.2, -0.15) is 10.2 Å². The number of likely N-dealkylation sites (tertiary alicyclic amines) is 1. The number of nitrogens with zero attached hydrogens (tertiary/aromatic N) is 4. The molecule has 0 unspecified atom stereocenters. The number of aromatic nitrogens is 4. The molecule has 0 spiro atoms. The average Bonchev–Trinajstić information content (AvgIpc) is 3.51. The highest BCUT2D eigenvalue weighted by atomic mass is 16.2. The molecule has 2 aromatic heterocycles. The topological polar surface area (TPSA) is 95.9 Å². The highest BCUT2D eigenvalue weighted by Crippen LogP contribution is 2.28. The predicted octanol–water partition coefficient (Wildman–Crippen LogP) is 3.13. The molecule has 8 heteroatoms. The zero-order valence-corrected chi connectivity index (χ0v) is 17.6. The van der Waals surface area contributed by atoms with Crippen molar-refractivity contribution in [2.24, 2.45) is 0 Å². The molecule has 3 aromatic rings. The fourth-order valence-corrected chi connectivity index (χ4v) is 4.68. The third kappa shape index (κ3) is 3.62. The zero-order chi connectivity index (χ0) is 21.4. The Morgan fingerprint density at radius 3 is 2.74 bits per heavy atom. The molecule has 2 aliphatic rings. The van der Waals surface area contributed by atoms with E-state index in [0.29, 0.717) is 30.2 Å². The van der Waals surface area contributed by atoms with E-state index in [1.54, 1.807) is 6.20 Å². The summed E-state index contributed by atoms with van der Waals surface area (Å²) in [5.74, 6) is 0.564. The number of aryl methyl sites for hydroxylation is 2. The van der Waals surface area contributed by atoms with E-state index in [9.17, 15) is 9.59 Å². The van der Waals surface area contributed by atoms with Crippen LogP contribution in [0.15, 0.2) is 36.5 Å². The van der Waals surface area contributed by atoms with Gasteiger partial charge in [0.25, 0.3) is 11.8 Å². The smallest absolute Gasteiger partial charge is 0.274 e. The average molecular weight is 419 g/mol. The van der Waals surface area contributed by atoms with E-state index in [2.05, 4.69) is 20.6 Å². The van der Waals surface area contributed by atoms with Crippen LogP contribution in [0.3, 0.4) is 0 Å². The minimum absolute atomic E-state index is 0.0198. The van der Waals surface area contributed by atoms with E-state index in [1.807, 2.05) is 46.8 Å². The number of carbonyl (C=O) groups is 2. The van der Waals surface area contributed by atoms with Crippen molar-refractivity contribution >= 4 is 17.6 Å². The Balaban J connectivity index is 1.24. The summed E-state index contributed by atoms with van der Waals surface area (Å²) in [6.45, 7) is 3.22. The quantitative estimate of drug-likeness (QED) is 0.680. The number of aromatic amines is 1. The van der Waals surface area contributed by atoms with E-state index in [-0.39, 0.29) is 17.9 Å². The van der Waals surface area contributed by atoms with Gasteiger partial charge >= 0.3 is 0 Å². The first kappa shape index (κ1) is 19.5. The summed E-state index contributed by atoms with van der Waals surface area (Å²) >= 11 is 0. The number of fused-ring (bicyclic) bond motifs is 1. The molecule has 2 N–H and O–H groups in total. The van der Waals surface area contributed by atoms with E-state index in [0.717, 1.165) is 48.9 Å². The van der Waals surface area contributed by atoms with Crippen LogP contribution < -0.4 is 5.32 Å². The van der Waals surface area contributed by atoms with E-state index < -0.39 is 0 Å². The van der Waals surface area contributed by atoms with Crippen molar-refractivity contribution in [1.82, 2.24) is 24.9 Å². The largest absolute Gasteiger partial charge is 0.337 e. The molecule has 1 fully saturated rings. The summed E-state index contributed by atoms with van der Waals surface area (Å²) in [7, 11) is 0. The van der Waals surface area contributed by atoms with Crippen LogP contribution in [-0.2, 0) is 12.8 Å². The van der Waals surface area contributed by atoms with Gasteiger partial charge < -0.3 is 10.2 Å². The summed E-state index contributed by atoms with van der Waals surface area (Å²) in [4.78, 5) is 27.6. The van der Waals surface area contributed by atoms with Gasteiger partial charge in [-0.25, -0.2) is 4.68 Å². The van der Waals surface area contributed by atoms with Crippen molar-refractivity contribution in [3.8, 4) is 0 Å². The molecule has 5 rings (SSSR count). The normalized spacial score (nSPS) is 16.4. The van der Waals surface area contributed by atoms with Crippen molar-refractivity contribution < 1.29 is 9.59 Å². The van der Waals surface area contributed by atoms with E-state index in [1.165, 1.54) is 0 Å². The van der Waals surface area contributed by atoms with Crippen LogP contribution in [0.25, 0.3) is 0 Å². The van der Waals surface area contributed by atoms with Crippen molar-refractivity contribution in [1.29, 1.82) is 0 Å². The Morgan fingerprint density at radius 2 is 1.94 bits per heavy atom. The molecule has 1 aliphatic heterocycles. The number of anilines is 1. The molecule has 0 atom stereocenters. The van der Waals surface area contributed by atoms with Crippen LogP contribution >= 0.6 is 0 Å². The summed E-state index contributed by atoms with van der Waals surface area (Å²) in [6, 6.07) is 9.48. The lowest BCUT2D eigenvalue weighted by Gasteiger charge is -2.32. The van der Waals surface area contributed by atoms with Crippen LogP contribution in [0.5, 0.6) is 0 Å². The molecular formula is C23H26N6O2. The lowest BCUT2D eigenvalue weighted by atomic mass is 10.0. The number of H-pyrrole nitrogens is 1. The number of hydrogen-bond acceptors (Lipinski definition) is 4. The number of amides is 2. The van der Waals surface area contributed by atoms with E-state index in [4.69, 9.17) is 0 Å². The molecule has 1 saturated heterocycles. The minimum atomic E-state index is -0.139. The zero-order valence-electron chi connectivity index (χ0n) is 17.6. The third-order valence-corrected chi connectivity index (χ3v) is 6.41.